The maximum Gasteiger partial charge on any atom is 0.261 e. The van der Waals surface area contributed by atoms with E-state index < -0.39 is 19.1 Å². The quantitative estimate of drug-likeness (QED) is 0.806. The van der Waals surface area contributed by atoms with E-state index in [0.717, 1.165) is 6.07 Å². The molecule has 0 aromatic heterocycles. The number of halogens is 1. The van der Waals surface area contributed by atoms with Crippen LogP contribution in [0.5, 0.6) is 0 Å². The van der Waals surface area contributed by atoms with E-state index in [1.54, 1.807) is 0 Å². The third-order valence-electron chi connectivity index (χ3n) is 2.95. The van der Waals surface area contributed by atoms with Gasteiger partial charge in [-0.1, -0.05) is 26.8 Å². The van der Waals surface area contributed by atoms with Crippen LogP contribution in [0, 0.1) is 5.92 Å². The van der Waals surface area contributed by atoms with Crippen LogP contribution >= 0.6 is 10.7 Å². The van der Waals surface area contributed by atoms with E-state index in [4.69, 9.17) is 10.7 Å². The summed E-state index contributed by atoms with van der Waals surface area (Å²) in [5.41, 5.74) is 0. The maximum atomic E-state index is 12.2. The van der Waals surface area contributed by atoms with Crippen molar-refractivity contribution in [1.82, 2.24) is 4.72 Å². The van der Waals surface area contributed by atoms with Gasteiger partial charge >= 0.3 is 0 Å². The standard InChI is InChI=1S/C12H18ClNO4S2/c1-4-12(9(2)3)14-20(17,18)11-7-5-6-10(8-11)19(13,15)16/h5-9,12,14H,4H2,1-3H3. The summed E-state index contributed by atoms with van der Waals surface area (Å²) in [5.74, 6) is 0.134. The fourth-order valence-electron chi connectivity index (χ4n) is 1.75. The molecule has 0 fully saturated rings. The molecule has 0 bridgehead atoms. The van der Waals surface area contributed by atoms with Crippen LogP contribution in [0.2, 0.25) is 0 Å². The summed E-state index contributed by atoms with van der Waals surface area (Å²) in [6.07, 6.45) is 0.643. The average molecular weight is 340 g/mol. The molecule has 1 unspecified atom stereocenters. The molecular formula is C12H18ClNO4S2. The number of sulfonamides is 1. The minimum absolute atomic E-state index is 0.113. The Balaban J connectivity index is 3.17. The van der Waals surface area contributed by atoms with E-state index in [-0.39, 0.29) is 21.8 Å². The smallest absolute Gasteiger partial charge is 0.208 e. The molecule has 114 valence electrons. The zero-order valence-electron chi connectivity index (χ0n) is 11.5. The van der Waals surface area contributed by atoms with Crippen LogP contribution in [-0.2, 0) is 19.1 Å². The van der Waals surface area contributed by atoms with Crippen LogP contribution in [0.3, 0.4) is 0 Å². The van der Waals surface area contributed by atoms with E-state index in [2.05, 4.69) is 4.72 Å². The second kappa shape index (κ2) is 6.43. The van der Waals surface area contributed by atoms with Crippen LogP contribution in [0.1, 0.15) is 27.2 Å². The highest BCUT2D eigenvalue weighted by Gasteiger charge is 2.22. The van der Waals surface area contributed by atoms with Crippen LogP contribution in [-0.4, -0.2) is 22.9 Å². The van der Waals surface area contributed by atoms with Crippen LogP contribution in [0.25, 0.3) is 0 Å². The second-order valence-electron chi connectivity index (χ2n) is 4.79. The molecular weight excluding hydrogens is 322 g/mol. The highest BCUT2D eigenvalue weighted by molar-refractivity contribution is 8.13. The highest BCUT2D eigenvalue weighted by Crippen LogP contribution is 2.20. The Morgan fingerprint density at radius 3 is 2.15 bits per heavy atom. The van der Waals surface area contributed by atoms with Gasteiger partial charge < -0.3 is 0 Å². The summed E-state index contributed by atoms with van der Waals surface area (Å²) in [6.45, 7) is 5.71. The molecule has 0 aliphatic carbocycles. The Hall–Kier alpha value is -0.630. The van der Waals surface area contributed by atoms with Crippen LogP contribution in [0.15, 0.2) is 34.1 Å². The molecule has 0 aliphatic heterocycles. The van der Waals surface area contributed by atoms with Crippen molar-refractivity contribution in [1.29, 1.82) is 0 Å². The molecule has 1 aromatic carbocycles. The molecule has 1 N–H and O–H groups in total. The van der Waals surface area contributed by atoms with Crippen molar-refractivity contribution < 1.29 is 16.8 Å². The third kappa shape index (κ3) is 4.44. The molecule has 0 heterocycles. The van der Waals surface area contributed by atoms with Gasteiger partial charge in [-0.05, 0) is 30.5 Å². The fourth-order valence-corrected chi connectivity index (χ4v) is 4.14. The maximum absolute atomic E-state index is 12.2. The first-order valence-electron chi connectivity index (χ1n) is 6.15. The number of benzene rings is 1. The van der Waals surface area contributed by atoms with E-state index in [1.165, 1.54) is 18.2 Å². The van der Waals surface area contributed by atoms with Crippen molar-refractivity contribution in [3.63, 3.8) is 0 Å². The van der Waals surface area contributed by atoms with Crippen molar-refractivity contribution in [3.8, 4) is 0 Å². The van der Waals surface area contributed by atoms with Crippen LogP contribution < -0.4 is 4.72 Å². The van der Waals surface area contributed by atoms with Crippen molar-refractivity contribution in [2.75, 3.05) is 0 Å². The topological polar surface area (TPSA) is 80.3 Å². The molecule has 1 atom stereocenters. The lowest BCUT2D eigenvalue weighted by Crippen LogP contribution is -2.37. The predicted molar refractivity (Wildman–Crippen MR) is 78.7 cm³/mol. The van der Waals surface area contributed by atoms with Gasteiger partial charge in [0.2, 0.25) is 10.0 Å². The summed E-state index contributed by atoms with van der Waals surface area (Å²) < 4.78 is 49.5. The summed E-state index contributed by atoms with van der Waals surface area (Å²) in [5, 5.41) is 0. The Kier molecular flexibility index (Phi) is 5.60. The number of rotatable bonds is 6. The molecule has 0 aliphatic rings. The van der Waals surface area contributed by atoms with Crippen molar-refractivity contribution in [2.45, 2.75) is 43.0 Å². The lowest BCUT2D eigenvalue weighted by atomic mass is 10.0. The zero-order chi connectivity index (χ0) is 15.6. The highest BCUT2D eigenvalue weighted by atomic mass is 35.7. The number of hydrogen-bond donors (Lipinski definition) is 1. The molecule has 0 saturated carbocycles. The summed E-state index contributed by atoms with van der Waals surface area (Å²) in [7, 11) is -2.51. The van der Waals surface area contributed by atoms with E-state index in [0.29, 0.717) is 6.42 Å². The first-order valence-corrected chi connectivity index (χ1v) is 9.94. The Morgan fingerprint density at radius 1 is 1.15 bits per heavy atom. The Bertz CT molecular complexity index is 668. The minimum Gasteiger partial charge on any atom is -0.208 e. The molecule has 0 spiro atoms. The van der Waals surface area contributed by atoms with Gasteiger partial charge in [-0.15, -0.1) is 0 Å². The molecule has 1 aromatic rings. The monoisotopic (exact) mass is 339 g/mol. The van der Waals surface area contributed by atoms with Gasteiger partial charge in [0, 0.05) is 16.7 Å². The molecule has 0 amide bonds. The molecule has 0 radical (unpaired) electrons. The Labute approximate surface area is 124 Å². The van der Waals surface area contributed by atoms with Gasteiger partial charge in [0.15, 0.2) is 0 Å². The third-order valence-corrected chi connectivity index (χ3v) is 5.79. The minimum atomic E-state index is -3.96. The lowest BCUT2D eigenvalue weighted by molar-refractivity contribution is 0.437. The van der Waals surface area contributed by atoms with Gasteiger partial charge in [-0.3, -0.25) is 0 Å². The fraction of sp³-hybridized carbons (Fsp3) is 0.500. The van der Waals surface area contributed by atoms with Crippen molar-refractivity contribution in [3.05, 3.63) is 24.3 Å². The van der Waals surface area contributed by atoms with E-state index >= 15 is 0 Å². The number of hydrogen-bond acceptors (Lipinski definition) is 4. The van der Waals surface area contributed by atoms with Gasteiger partial charge in [0.1, 0.15) is 0 Å². The van der Waals surface area contributed by atoms with Crippen molar-refractivity contribution >= 4 is 29.8 Å². The molecule has 1 rings (SSSR count). The predicted octanol–water partition coefficient (Wildman–Crippen LogP) is 2.33. The first kappa shape index (κ1) is 17.4. The average Bonchev–Trinajstić information content (AvgIpc) is 2.35. The van der Waals surface area contributed by atoms with Crippen LogP contribution in [0.4, 0.5) is 0 Å². The second-order valence-corrected chi connectivity index (χ2v) is 9.07. The van der Waals surface area contributed by atoms with E-state index in [1.807, 2.05) is 20.8 Å². The summed E-state index contributed by atoms with van der Waals surface area (Å²) in [4.78, 5) is -0.349. The normalized spacial score (nSPS) is 14.4. The number of nitrogens with one attached hydrogen (secondary N) is 1. The molecule has 5 nitrogen and oxygen atoms in total. The van der Waals surface area contributed by atoms with Gasteiger partial charge in [0.05, 0.1) is 9.79 Å². The van der Waals surface area contributed by atoms with Crippen molar-refractivity contribution in [2.24, 2.45) is 5.92 Å². The largest absolute Gasteiger partial charge is 0.261 e. The zero-order valence-corrected chi connectivity index (χ0v) is 13.9. The van der Waals surface area contributed by atoms with Gasteiger partial charge in [-0.2, -0.15) is 0 Å². The summed E-state index contributed by atoms with van der Waals surface area (Å²) >= 11 is 0. The SMILES string of the molecule is CCC(NS(=O)(=O)c1cccc(S(=O)(=O)Cl)c1)C(C)C. The molecule has 20 heavy (non-hydrogen) atoms. The first-order chi connectivity index (χ1) is 9.08. The molecule has 0 saturated heterocycles. The Morgan fingerprint density at radius 2 is 1.70 bits per heavy atom. The van der Waals surface area contributed by atoms with Gasteiger partial charge in [0.25, 0.3) is 9.05 Å². The molecule has 8 heteroatoms. The lowest BCUT2D eigenvalue weighted by Gasteiger charge is -2.20. The summed E-state index contributed by atoms with van der Waals surface area (Å²) in [6, 6.07) is 4.77. The van der Waals surface area contributed by atoms with E-state index in [9.17, 15) is 16.8 Å². The van der Waals surface area contributed by atoms with Gasteiger partial charge in [-0.25, -0.2) is 21.6 Å².